The highest BCUT2D eigenvalue weighted by atomic mass is 16.5. The number of nitrogens with zero attached hydrogens (tertiary/aromatic N) is 4. The minimum Gasteiger partial charge on any atom is -0.448 e. The van der Waals surface area contributed by atoms with Gasteiger partial charge in [0.05, 0.1) is 11.9 Å². The molecular weight excluding hydrogens is 422 g/mol. The predicted molar refractivity (Wildman–Crippen MR) is 125 cm³/mol. The summed E-state index contributed by atoms with van der Waals surface area (Å²) in [6, 6.07) is 2.85. The molecule has 0 bridgehead atoms. The zero-order valence-electron chi connectivity index (χ0n) is 19.0. The molecule has 2 aromatic rings. The fourth-order valence-electron chi connectivity index (χ4n) is 4.76. The molecule has 0 unspecified atom stereocenters. The molecule has 3 aliphatic rings. The number of rotatable bonds is 9. The number of alkyl carbamates (subject to hydrolysis) is 1. The van der Waals surface area contributed by atoms with Crippen LogP contribution in [0.25, 0.3) is 5.65 Å². The Morgan fingerprint density at radius 1 is 1.06 bits per heavy atom. The zero-order valence-corrected chi connectivity index (χ0v) is 19.0. The monoisotopic (exact) mass is 455 g/mol. The Balaban J connectivity index is 1.11. The maximum atomic E-state index is 12.1. The summed E-state index contributed by atoms with van der Waals surface area (Å²) < 4.78 is 6.98. The zero-order chi connectivity index (χ0) is 22.6. The Hall–Kier alpha value is -2.88. The first-order chi connectivity index (χ1) is 16.2. The first-order valence-corrected chi connectivity index (χ1v) is 12.2. The van der Waals surface area contributed by atoms with Gasteiger partial charge in [-0.2, -0.15) is 0 Å². The van der Waals surface area contributed by atoms with Crippen molar-refractivity contribution in [2.75, 3.05) is 36.9 Å². The molecule has 1 saturated heterocycles. The fourth-order valence-corrected chi connectivity index (χ4v) is 4.76. The van der Waals surface area contributed by atoms with E-state index < -0.39 is 0 Å². The molecule has 2 aliphatic carbocycles. The molecule has 33 heavy (non-hydrogen) atoms. The highest BCUT2D eigenvalue weighted by molar-refractivity contribution is 5.78. The highest BCUT2D eigenvalue weighted by Crippen LogP contribution is 2.29. The molecule has 0 aromatic carbocycles. The number of ether oxygens (including phenoxy) is 1. The Kier molecular flexibility index (Phi) is 6.61. The van der Waals surface area contributed by atoms with E-state index in [2.05, 4.69) is 30.9 Å². The second-order valence-electron chi connectivity index (χ2n) is 9.42. The van der Waals surface area contributed by atoms with E-state index in [9.17, 15) is 9.59 Å². The van der Waals surface area contributed by atoms with Crippen molar-refractivity contribution < 1.29 is 14.3 Å². The number of carbonyl (C=O) groups excluding carboxylic acids is 2. The topological polar surface area (TPSA) is 113 Å². The van der Waals surface area contributed by atoms with Crippen molar-refractivity contribution in [1.82, 2.24) is 24.8 Å². The molecule has 2 aromatic heterocycles. The van der Waals surface area contributed by atoms with E-state index in [-0.39, 0.29) is 18.2 Å². The van der Waals surface area contributed by atoms with Crippen LogP contribution in [0.3, 0.4) is 0 Å². The SMILES string of the molecule is O=Cc1cnc2c(NC3CC3)cc(NC3CCC(NC(=O)OCCN4CCCC4)CC3)nn12. The van der Waals surface area contributed by atoms with E-state index in [1.807, 2.05) is 6.07 Å². The lowest BCUT2D eigenvalue weighted by Crippen LogP contribution is -2.41. The number of likely N-dealkylation sites (tertiary alicyclic amines) is 1. The van der Waals surface area contributed by atoms with Crippen molar-refractivity contribution in [3.8, 4) is 0 Å². The van der Waals surface area contributed by atoms with Crippen LogP contribution >= 0.6 is 0 Å². The molecule has 1 aliphatic heterocycles. The minimum absolute atomic E-state index is 0.139. The molecule has 3 fully saturated rings. The second-order valence-corrected chi connectivity index (χ2v) is 9.42. The molecule has 178 valence electrons. The van der Waals surface area contributed by atoms with Crippen LogP contribution < -0.4 is 16.0 Å². The smallest absolute Gasteiger partial charge is 0.407 e. The van der Waals surface area contributed by atoms with Crippen LogP contribution in [0, 0.1) is 0 Å². The van der Waals surface area contributed by atoms with Gasteiger partial charge in [-0.3, -0.25) is 9.69 Å². The van der Waals surface area contributed by atoms with Gasteiger partial charge >= 0.3 is 6.09 Å². The van der Waals surface area contributed by atoms with Gasteiger partial charge < -0.3 is 20.7 Å². The molecular formula is C23H33N7O3. The molecule has 1 amide bonds. The summed E-state index contributed by atoms with van der Waals surface area (Å²) in [5.41, 5.74) is 2.00. The number of fused-ring (bicyclic) bond motifs is 1. The number of anilines is 2. The molecule has 3 N–H and O–H groups in total. The summed E-state index contributed by atoms with van der Waals surface area (Å²) in [6.45, 7) is 3.49. The largest absolute Gasteiger partial charge is 0.448 e. The van der Waals surface area contributed by atoms with Crippen LogP contribution in [0.2, 0.25) is 0 Å². The Morgan fingerprint density at radius 2 is 1.76 bits per heavy atom. The lowest BCUT2D eigenvalue weighted by molar-refractivity contribution is 0.111. The Bertz CT molecular complexity index is 976. The summed E-state index contributed by atoms with van der Waals surface area (Å²) in [4.78, 5) is 30.2. The Morgan fingerprint density at radius 3 is 2.48 bits per heavy atom. The van der Waals surface area contributed by atoms with Crippen molar-refractivity contribution in [2.24, 2.45) is 0 Å². The number of hydrogen-bond acceptors (Lipinski definition) is 8. The number of aldehydes is 1. The fraction of sp³-hybridized carbons (Fsp3) is 0.652. The summed E-state index contributed by atoms with van der Waals surface area (Å²) >= 11 is 0. The molecule has 2 saturated carbocycles. The average molecular weight is 456 g/mol. The van der Waals surface area contributed by atoms with Crippen molar-refractivity contribution in [3.63, 3.8) is 0 Å². The summed E-state index contributed by atoms with van der Waals surface area (Å²) in [7, 11) is 0. The van der Waals surface area contributed by atoms with E-state index in [4.69, 9.17) is 4.74 Å². The van der Waals surface area contributed by atoms with Crippen molar-refractivity contribution in [3.05, 3.63) is 18.0 Å². The summed E-state index contributed by atoms with van der Waals surface area (Å²) in [5.74, 6) is 0.726. The van der Waals surface area contributed by atoms with Gasteiger partial charge in [0.25, 0.3) is 0 Å². The van der Waals surface area contributed by atoms with E-state index in [0.717, 1.165) is 76.0 Å². The van der Waals surface area contributed by atoms with Gasteiger partial charge in [0.15, 0.2) is 11.9 Å². The van der Waals surface area contributed by atoms with Gasteiger partial charge in [-0.15, -0.1) is 5.10 Å². The normalized spacial score (nSPS) is 23.4. The van der Waals surface area contributed by atoms with Crippen molar-refractivity contribution >= 4 is 29.5 Å². The van der Waals surface area contributed by atoms with Crippen LogP contribution in [0.4, 0.5) is 16.3 Å². The molecule has 3 heterocycles. The molecule has 10 nitrogen and oxygen atoms in total. The third kappa shape index (κ3) is 5.55. The second kappa shape index (κ2) is 9.94. The average Bonchev–Trinajstić information content (AvgIpc) is 3.30. The van der Waals surface area contributed by atoms with Gasteiger partial charge in [0.1, 0.15) is 18.1 Å². The number of aromatic nitrogens is 3. The quantitative estimate of drug-likeness (QED) is 0.495. The number of carbonyl (C=O) groups is 2. The molecule has 0 spiro atoms. The first kappa shape index (κ1) is 21.9. The number of amides is 1. The van der Waals surface area contributed by atoms with Gasteiger partial charge in [-0.25, -0.2) is 14.3 Å². The van der Waals surface area contributed by atoms with Gasteiger partial charge in [-0.05, 0) is 64.5 Å². The maximum Gasteiger partial charge on any atom is 0.407 e. The van der Waals surface area contributed by atoms with Gasteiger partial charge in [0.2, 0.25) is 0 Å². The highest BCUT2D eigenvalue weighted by Gasteiger charge is 2.26. The standard InChI is InChI=1S/C23H33N7O3/c31-15-19-14-24-22-20(25-16-3-4-16)13-21(28-30(19)22)26-17-5-7-18(8-6-17)27-23(32)33-12-11-29-9-1-2-10-29/h13-18,25H,1-12H2,(H,26,28)(H,27,32). The van der Waals surface area contributed by atoms with Gasteiger partial charge in [0, 0.05) is 30.7 Å². The lowest BCUT2D eigenvalue weighted by Gasteiger charge is -2.30. The third-order valence-corrected chi connectivity index (χ3v) is 6.79. The molecule has 5 rings (SSSR count). The van der Waals surface area contributed by atoms with Gasteiger partial charge in [-0.1, -0.05) is 0 Å². The van der Waals surface area contributed by atoms with Crippen LogP contribution in [0.15, 0.2) is 12.3 Å². The van der Waals surface area contributed by atoms with Crippen LogP contribution in [0.5, 0.6) is 0 Å². The number of nitrogens with one attached hydrogen (secondary N) is 3. The van der Waals surface area contributed by atoms with E-state index in [0.29, 0.717) is 24.0 Å². The maximum absolute atomic E-state index is 12.1. The Labute approximate surface area is 193 Å². The number of hydrogen-bond donors (Lipinski definition) is 3. The van der Waals surface area contributed by atoms with E-state index in [1.54, 1.807) is 10.7 Å². The first-order valence-electron chi connectivity index (χ1n) is 12.2. The van der Waals surface area contributed by atoms with Crippen LogP contribution in [-0.4, -0.2) is 76.2 Å². The lowest BCUT2D eigenvalue weighted by atomic mass is 9.91. The molecule has 0 radical (unpaired) electrons. The van der Waals surface area contributed by atoms with Crippen molar-refractivity contribution in [2.45, 2.75) is 69.5 Å². The van der Waals surface area contributed by atoms with Crippen LogP contribution in [0.1, 0.15) is 61.9 Å². The summed E-state index contributed by atoms with van der Waals surface area (Å²) in [6.07, 6.45) is 10.4. The number of imidazole rings is 1. The summed E-state index contributed by atoms with van der Waals surface area (Å²) in [5, 5.41) is 14.6. The van der Waals surface area contributed by atoms with Crippen LogP contribution in [-0.2, 0) is 4.74 Å². The molecule has 10 heteroatoms. The van der Waals surface area contributed by atoms with E-state index >= 15 is 0 Å². The predicted octanol–water partition coefficient (Wildman–Crippen LogP) is 2.66. The minimum atomic E-state index is -0.310. The third-order valence-electron chi connectivity index (χ3n) is 6.79. The molecule has 0 atom stereocenters. The van der Waals surface area contributed by atoms with Crippen molar-refractivity contribution in [1.29, 1.82) is 0 Å². The van der Waals surface area contributed by atoms with E-state index in [1.165, 1.54) is 12.8 Å².